The summed E-state index contributed by atoms with van der Waals surface area (Å²) in [4.78, 5) is 19.1. The van der Waals surface area contributed by atoms with Gasteiger partial charge in [-0.05, 0) is 48.1 Å². The molecule has 7 heteroatoms. The number of nitrogens with one attached hydrogen (secondary N) is 2. The van der Waals surface area contributed by atoms with E-state index < -0.39 is 0 Å². The Labute approximate surface area is 162 Å². The van der Waals surface area contributed by atoms with Crippen LogP contribution in [0, 0.1) is 0 Å². The Kier molecular flexibility index (Phi) is 4.09. The number of rotatable bonds is 5. The van der Waals surface area contributed by atoms with Gasteiger partial charge in [0.1, 0.15) is 17.2 Å². The monoisotopic (exact) mass is 374 g/mol. The zero-order valence-corrected chi connectivity index (χ0v) is 15.6. The average molecular weight is 374 g/mol. The molecule has 4 aromatic rings. The van der Waals surface area contributed by atoms with Crippen molar-refractivity contribution in [1.82, 2.24) is 19.9 Å². The summed E-state index contributed by atoms with van der Waals surface area (Å²) in [6.45, 7) is 0.661. The van der Waals surface area contributed by atoms with E-state index in [9.17, 15) is 5.11 Å². The summed E-state index contributed by atoms with van der Waals surface area (Å²) in [5, 5.41) is 14.1. The molecule has 0 radical (unpaired) electrons. The molecule has 0 amide bonds. The normalized spacial score (nSPS) is 18.9. The lowest BCUT2D eigenvalue weighted by atomic mass is 9.88. The van der Waals surface area contributed by atoms with Crippen molar-refractivity contribution in [2.45, 2.75) is 31.5 Å². The second-order valence-corrected chi connectivity index (χ2v) is 7.41. The van der Waals surface area contributed by atoms with E-state index in [1.807, 2.05) is 25.4 Å². The molecule has 5 rings (SSSR count). The molecule has 0 bridgehead atoms. The third-order valence-electron chi connectivity index (χ3n) is 5.48. The molecule has 3 aromatic heterocycles. The van der Waals surface area contributed by atoms with Gasteiger partial charge in [-0.15, -0.1) is 0 Å². The molecule has 3 N–H and O–H groups in total. The molecule has 3 heterocycles. The number of fused-ring (bicyclic) bond motifs is 2. The molecule has 0 saturated heterocycles. The Morgan fingerprint density at radius 3 is 2.93 bits per heavy atom. The van der Waals surface area contributed by atoms with Crippen LogP contribution < -0.4 is 10.2 Å². The van der Waals surface area contributed by atoms with Crippen LogP contribution in [0.4, 0.5) is 11.6 Å². The van der Waals surface area contributed by atoms with Crippen LogP contribution in [-0.4, -0.2) is 44.2 Å². The van der Waals surface area contributed by atoms with Crippen molar-refractivity contribution in [2.24, 2.45) is 0 Å². The molecule has 28 heavy (non-hydrogen) atoms. The lowest BCUT2D eigenvalue weighted by Crippen LogP contribution is -2.45. The smallest absolute Gasteiger partial charge is 0.182 e. The number of aromatic amines is 1. The summed E-state index contributed by atoms with van der Waals surface area (Å²) in [5.74, 6) is 1.55. The van der Waals surface area contributed by atoms with Crippen molar-refractivity contribution in [2.75, 3.05) is 17.3 Å². The maximum Gasteiger partial charge on any atom is 0.182 e. The second-order valence-electron chi connectivity index (χ2n) is 7.41. The lowest BCUT2D eigenvalue weighted by Gasteiger charge is -2.39. The Morgan fingerprint density at radius 1 is 1.18 bits per heavy atom. The van der Waals surface area contributed by atoms with Crippen molar-refractivity contribution >= 4 is 33.7 Å². The van der Waals surface area contributed by atoms with Gasteiger partial charge in [0, 0.05) is 31.3 Å². The highest BCUT2D eigenvalue weighted by atomic mass is 16.3. The topological polar surface area (TPSA) is 90.0 Å². The van der Waals surface area contributed by atoms with Crippen LogP contribution in [0.5, 0.6) is 0 Å². The van der Waals surface area contributed by atoms with Gasteiger partial charge in [-0.2, -0.15) is 0 Å². The van der Waals surface area contributed by atoms with E-state index in [0.717, 1.165) is 29.7 Å². The molecule has 7 nitrogen and oxygen atoms in total. The number of aromatic nitrogens is 4. The zero-order chi connectivity index (χ0) is 19.1. The molecule has 1 aliphatic rings. The lowest BCUT2D eigenvalue weighted by molar-refractivity contribution is 0.0748. The van der Waals surface area contributed by atoms with Crippen molar-refractivity contribution in [1.29, 1.82) is 0 Å². The number of pyridine rings is 1. The highest BCUT2D eigenvalue weighted by Gasteiger charge is 2.31. The van der Waals surface area contributed by atoms with Gasteiger partial charge in [-0.3, -0.25) is 0 Å². The molecule has 1 fully saturated rings. The van der Waals surface area contributed by atoms with E-state index in [2.05, 4.69) is 54.4 Å². The molecule has 0 unspecified atom stereocenters. The summed E-state index contributed by atoms with van der Waals surface area (Å²) in [7, 11) is 2.01. The number of benzene rings is 1. The number of aliphatic hydroxyl groups excluding tert-OH is 1. The minimum absolute atomic E-state index is 0.186. The van der Waals surface area contributed by atoms with Crippen LogP contribution in [0.15, 0.2) is 48.8 Å². The van der Waals surface area contributed by atoms with Crippen LogP contribution in [0.1, 0.15) is 18.4 Å². The van der Waals surface area contributed by atoms with Crippen molar-refractivity contribution in [3.8, 4) is 0 Å². The number of hydrogen-bond acceptors (Lipinski definition) is 6. The zero-order valence-electron chi connectivity index (χ0n) is 15.6. The SMILES string of the molecule is CN(c1ccc2ncc(NCc3ccc4cc[nH]c4c3)nc2n1)[C@H]1C[C@H](O)C1. The number of anilines is 2. The fourth-order valence-corrected chi connectivity index (χ4v) is 3.63. The van der Waals surface area contributed by atoms with E-state index in [1.165, 1.54) is 10.9 Å². The van der Waals surface area contributed by atoms with Gasteiger partial charge in [0.25, 0.3) is 0 Å². The number of aliphatic hydroxyl groups is 1. The Bertz CT molecular complexity index is 1130. The molecule has 1 aromatic carbocycles. The van der Waals surface area contributed by atoms with Gasteiger partial charge in [0.05, 0.1) is 12.3 Å². The Hall–Kier alpha value is -3.19. The molecule has 1 aliphatic carbocycles. The van der Waals surface area contributed by atoms with Gasteiger partial charge in [0.15, 0.2) is 5.65 Å². The van der Waals surface area contributed by atoms with Crippen molar-refractivity contribution < 1.29 is 5.11 Å². The van der Waals surface area contributed by atoms with E-state index in [1.54, 1.807) is 6.20 Å². The minimum Gasteiger partial charge on any atom is -0.393 e. The number of nitrogens with zero attached hydrogens (tertiary/aromatic N) is 4. The summed E-state index contributed by atoms with van der Waals surface area (Å²) < 4.78 is 0. The first-order valence-electron chi connectivity index (χ1n) is 9.50. The Balaban J connectivity index is 1.34. The average Bonchev–Trinajstić information content (AvgIpc) is 3.16. The van der Waals surface area contributed by atoms with Crippen LogP contribution in [0.3, 0.4) is 0 Å². The first-order chi connectivity index (χ1) is 13.7. The van der Waals surface area contributed by atoms with Gasteiger partial charge >= 0.3 is 0 Å². The van der Waals surface area contributed by atoms with Gasteiger partial charge in [-0.1, -0.05) is 12.1 Å². The summed E-state index contributed by atoms with van der Waals surface area (Å²) in [6.07, 6.45) is 5.07. The van der Waals surface area contributed by atoms with Crippen molar-refractivity contribution in [3.05, 3.63) is 54.4 Å². The molecule has 0 atom stereocenters. The van der Waals surface area contributed by atoms with Crippen LogP contribution in [-0.2, 0) is 6.54 Å². The standard InChI is InChI=1S/C21H22N6O/c1-27(15-9-16(28)10-15)20-5-4-17-21(26-20)25-19(12-23-17)24-11-13-2-3-14-6-7-22-18(14)8-13/h2-8,12,15-16,22,28H,9-11H2,1H3,(H,24,25,26)/t15-,16-. The molecule has 1 saturated carbocycles. The van der Waals surface area contributed by atoms with Gasteiger partial charge in [-0.25, -0.2) is 15.0 Å². The number of H-pyrrole nitrogens is 1. The largest absolute Gasteiger partial charge is 0.393 e. The highest BCUT2D eigenvalue weighted by Crippen LogP contribution is 2.28. The molecule has 0 aliphatic heterocycles. The van der Waals surface area contributed by atoms with E-state index >= 15 is 0 Å². The maximum atomic E-state index is 9.54. The van der Waals surface area contributed by atoms with Crippen LogP contribution in [0.25, 0.3) is 22.1 Å². The Morgan fingerprint density at radius 2 is 2.07 bits per heavy atom. The highest BCUT2D eigenvalue weighted by molar-refractivity contribution is 5.80. The summed E-state index contributed by atoms with van der Waals surface area (Å²) in [5.41, 5.74) is 3.68. The summed E-state index contributed by atoms with van der Waals surface area (Å²) in [6, 6.07) is 12.6. The molecular weight excluding hydrogens is 352 g/mol. The van der Waals surface area contributed by atoms with Crippen LogP contribution in [0.2, 0.25) is 0 Å². The quantitative estimate of drug-likeness (QED) is 0.497. The van der Waals surface area contributed by atoms with Crippen molar-refractivity contribution in [3.63, 3.8) is 0 Å². The molecule has 142 valence electrons. The van der Waals surface area contributed by atoms with E-state index in [4.69, 9.17) is 0 Å². The minimum atomic E-state index is -0.186. The first-order valence-corrected chi connectivity index (χ1v) is 9.50. The third-order valence-corrected chi connectivity index (χ3v) is 5.48. The van der Waals surface area contributed by atoms with Gasteiger partial charge < -0.3 is 20.3 Å². The molecule has 0 spiro atoms. The second kappa shape index (κ2) is 6.76. The van der Waals surface area contributed by atoms with Crippen LogP contribution >= 0.6 is 0 Å². The first kappa shape index (κ1) is 16.9. The molecular formula is C21H22N6O. The van der Waals surface area contributed by atoms with E-state index in [0.29, 0.717) is 24.1 Å². The third kappa shape index (κ3) is 3.14. The van der Waals surface area contributed by atoms with E-state index in [-0.39, 0.29) is 6.10 Å². The summed E-state index contributed by atoms with van der Waals surface area (Å²) >= 11 is 0. The van der Waals surface area contributed by atoms with Gasteiger partial charge in [0.2, 0.25) is 0 Å². The predicted octanol–water partition coefficient (Wildman–Crippen LogP) is 3.08. The fourth-order valence-electron chi connectivity index (χ4n) is 3.63. The maximum absolute atomic E-state index is 9.54. The predicted molar refractivity (Wildman–Crippen MR) is 110 cm³/mol. The fraction of sp³-hybridized carbons (Fsp3) is 0.286. The number of hydrogen-bond donors (Lipinski definition) is 3.